The van der Waals surface area contributed by atoms with Gasteiger partial charge in [0.05, 0.1) is 18.1 Å². The molecule has 1 spiro atoms. The Bertz CT molecular complexity index is 635. The number of hydrogen-bond acceptors (Lipinski definition) is 3. The van der Waals surface area contributed by atoms with E-state index in [9.17, 15) is 18.4 Å². The van der Waals surface area contributed by atoms with Gasteiger partial charge in [-0.05, 0) is 24.7 Å². The fraction of sp³-hybridized carbons (Fsp3) is 0.643. The van der Waals surface area contributed by atoms with Crippen molar-refractivity contribution in [3.8, 4) is 0 Å². The standard InChI is InChI=1S/C14H16F2N4O2/c15-12(16)19-7-10(6-17-19)20-11(21)14(18-13(20)22)4-9(5-14)8-2-1-3-8/h6-9,12H,1-5H2,(H,18,22). The molecule has 0 bridgehead atoms. The number of aromatic nitrogens is 2. The molecule has 0 atom stereocenters. The Morgan fingerprint density at radius 2 is 2.00 bits per heavy atom. The molecular formula is C14H16F2N4O2. The summed E-state index contributed by atoms with van der Waals surface area (Å²) >= 11 is 0. The highest BCUT2D eigenvalue weighted by atomic mass is 19.3. The molecule has 118 valence electrons. The van der Waals surface area contributed by atoms with Gasteiger partial charge in [0.1, 0.15) is 5.54 Å². The highest BCUT2D eigenvalue weighted by Crippen LogP contribution is 2.51. The molecule has 0 radical (unpaired) electrons. The summed E-state index contributed by atoms with van der Waals surface area (Å²) in [7, 11) is 0. The average Bonchev–Trinajstić information content (AvgIpc) is 2.91. The zero-order valence-electron chi connectivity index (χ0n) is 11.8. The van der Waals surface area contributed by atoms with E-state index in [1.54, 1.807) is 0 Å². The van der Waals surface area contributed by atoms with E-state index in [4.69, 9.17) is 0 Å². The van der Waals surface area contributed by atoms with Gasteiger partial charge in [0.25, 0.3) is 5.91 Å². The van der Waals surface area contributed by atoms with Crippen molar-refractivity contribution in [2.75, 3.05) is 4.90 Å². The molecule has 2 aliphatic carbocycles. The SMILES string of the molecule is O=C1NC2(CC(C3CCC3)C2)C(=O)N1c1cnn(C(F)F)c1. The molecule has 1 aromatic heterocycles. The molecular weight excluding hydrogens is 294 g/mol. The number of carbonyl (C=O) groups is 2. The number of halogens is 2. The van der Waals surface area contributed by atoms with Gasteiger partial charge in [0.15, 0.2) is 0 Å². The van der Waals surface area contributed by atoms with Crippen molar-refractivity contribution in [2.45, 2.75) is 44.2 Å². The van der Waals surface area contributed by atoms with Crippen LogP contribution < -0.4 is 10.2 Å². The first kappa shape index (κ1) is 13.7. The number of rotatable bonds is 3. The molecule has 3 amide bonds. The molecule has 8 heteroatoms. The Morgan fingerprint density at radius 1 is 1.27 bits per heavy atom. The molecule has 1 saturated heterocycles. The van der Waals surface area contributed by atoms with Crippen LogP contribution in [0.3, 0.4) is 0 Å². The van der Waals surface area contributed by atoms with Crippen molar-refractivity contribution < 1.29 is 18.4 Å². The number of alkyl halides is 2. The van der Waals surface area contributed by atoms with E-state index in [-0.39, 0.29) is 11.6 Å². The van der Waals surface area contributed by atoms with Crippen molar-refractivity contribution in [2.24, 2.45) is 11.8 Å². The molecule has 1 aromatic rings. The van der Waals surface area contributed by atoms with Crippen molar-refractivity contribution in [3.05, 3.63) is 12.4 Å². The monoisotopic (exact) mass is 310 g/mol. The van der Waals surface area contributed by atoms with Crippen molar-refractivity contribution in [3.63, 3.8) is 0 Å². The summed E-state index contributed by atoms with van der Waals surface area (Å²) in [6, 6.07) is -0.550. The van der Waals surface area contributed by atoms with Crippen LogP contribution in [0.15, 0.2) is 12.4 Å². The summed E-state index contributed by atoms with van der Waals surface area (Å²) < 4.78 is 25.6. The molecule has 22 heavy (non-hydrogen) atoms. The van der Waals surface area contributed by atoms with E-state index in [0.717, 1.165) is 17.3 Å². The smallest absolute Gasteiger partial charge is 0.323 e. The van der Waals surface area contributed by atoms with E-state index >= 15 is 0 Å². The second-order valence-corrected chi connectivity index (χ2v) is 6.47. The first-order valence-electron chi connectivity index (χ1n) is 7.49. The average molecular weight is 310 g/mol. The highest BCUT2D eigenvalue weighted by molar-refractivity contribution is 6.23. The van der Waals surface area contributed by atoms with E-state index < -0.39 is 18.1 Å². The first-order valence-corrected chi connectivity index (χ1v) is 7.49. The van der Waals surface area contributed by atoms with E-state index in [1.807, 2.05) is 0 Å². The third kappa shape index (κ3) is 1.79. The second kappa shape index (κ2) is 4.50. The van der Waals surface area contributed by atoms with Gasteiger partial charge in [-0.1, -0.05) is 19.3 Å². The van der Waals surface area contributed by atoms with E-state index in [1.165, 1.54) is 19.3 Å². The van der Waals surface area contributed by atoms with Gasteiger partial charge in [0.2, 0.25) is 0 Å². The molecule has 0 aromatic carbocycles. The van der Waals surface area contributed by atoms with Crippen LogP contribution in [-0.4, -0.2) is 27.3 Å². The maximum atomic E-state index is 12.6. The van der Waals surface area contributed by atoms with Gasteiger partial charge in [-0.2, -0.15) is 13.9 Å². The van der Waals surface area contributed by atoms with Crippen LogP contribution in [0.5, 0.6) is 0 Å². The van der Waals surface area contributed by atoms with Gasteiger partial charge < -0.3 is 5.32 Å². The van der Waals surface area contributed by atoms with Crippen LogP contribution in [0.1, 0.15) is 38.7 Å². The number of nitrogens with zero attached hydrogens (tertiary/aromatic N) is 3. The Balaban J connectivity index is 1.52. The van der Waals surface area contributed by atoms with Crippen LogP contribution in [0, 0.1) is 11.8 Å². The Hall–Kier alpha value is -1.99. The largest absolute Gasteiger partial charge is 0.333 e. The zero-order valence-corrected chi connectivity index (χ0v) is 11.8. The molecule has 4 rings (SSSR count). The van der Waals surface area contributed by atoms with E-state index in [0.29, 0.717) is 29.4 Å². The van der Waals surface area contributed by atoms with Crippen molar-refractivity contribution in [1.82, 2.24) is 15.1 Å². The summed E-state index contributed by atoms with van der Waals surface area (Å²) in [4.78, 5) is 25.6. The minimum atomic E-state index is -2.80. The maximum absolute atomic E-state index is 12.6. The lowest BCUT2D eigenvalue weighted by molar-refractivity contribution is -0.128. The van der Waals surface area contributed by atoms with Crippen LogP contribution in [0.4, 0.5) is 19.3 Å². The van der Waals surface area contributed by atoms with Gasteiger partial charge in [-0.3, -0.25) is 4.79 Å². The molecule has 2 heterocycles. The van der Waals surface area contributed by atoms with Crippen LogP contribution >= 0.6 is 0 Å². The molecule has 3 fully saturated rings. The third-order valence-corrected chi connectivity index (χ3v) is 5.25. The Morgan fingerprint density at radius 3 is 2.55 bits per heavy atom. The Kier molecular flexibility index (Phi) is 2.79. The topological polar surface area (TPSA) is 67.2 Å². The quantitative estimate of drug-likeness (QED) is 0.871. The first-order chi connectivity index (χ1) is 10.5. The number of urea groups is 1. The molecule has 0 unspecified atom stereocenters. The minimum Gasteiger partial charge on any atom is -0.323 e. The number of amides is 3. The number of carbonyl (C=O) groups excluding carboxylic acids is 2. The molecule has 1 N–H and O–H groups in total. The van der Waals surface area contributed by atoms with Gasteiger partial charge in [-0.15, -0.1) is 0 Å². The van der Waals surface area contributed by atoms with Crippen molar-refractivity contribution >= 4 is 17.6 Å². The highest BCUT2D eigenvalue weighted by Gasteiger charge is 2.60. The fourth-order valence-electron chi connectivity index (χ4n) is 3.76. The summed E-state index contributed by atoms with van der Waals surface area (Å²) in [5.41, 5.74) is -0.739. The summed E-state index contributed by atoms with van der Waals surface area (Å²) in [5, 5.41) is 6.23. The molecule has 6 nitrogen and oxygen atoms in total. The minimum absolute atomic E-state index is 0.0896. The predicted molar refractivity (Wildman–Crippen MR) is 72.3 cm³/mol. The van der Waals surface area contributed by atoms with E-state index in [2.05, 4.69) is 10.4 Å². The number of imide groups is 1. The number of nitrogens with one attached hydrogen (secondary N) is 1. The summed E-state index contributed by atoms with van der Waals surface area (Å²) in [5.74, 6) is 0.814. The number of hydrogen-bond donors (Lipinski definition) is 1. The van der Waals surface area contributed by atoms with Crippen molar-refractivity contribution in [1.29, 1.82) is 0 Å². The Labute approximate surface area is 125 Å². The second-order valence-electron chi connectivity index (χ2n) is 6.47. The molecule has 1 aliphatic heterocycles. The van der Waals surface area contributed by atoms with Crippen LogP contribution in [0.25, 0.3) is 0 Å². The lowest BCUT2D eigenvalue weighted by Gasteiger charge is -2.49. The number of anilines is 1. The predicted octanol–water partition coefficient (Wildman–Crippen LogP) is 2.28. The molecule has 3 aliphatic rings. The fourth-order valence-corrected chi connectivity index (χ4v) is 3.76. The third-order valence-electron chi connectivity index (χ3n) is 5.25. The zero-order chi connectivity index (χ0) is 15.5. The summed E-state index contributed by atoms with van der Waals surface area (Å²) in [6.45, 7) is -2.80. The lowest BCUT2D eigenvalue weighted by Crippen LogP contribution is -2.59. The maximum Gasteiger partial charge on any atom is 0.333 e. The normalized spacial score (nSPS) is 31.6. The van der Waals surface area contributed by atoms with Gasteiger partial charge >= 0.3 is 12.6 Å². The molecule has 2 saturated carbocycles. The lowest BCUT2D eigenvalue weighted by atomic mass is 9.58. The van der Waals surface area contributed by atoms with Gasteiger partial charge in [0, 0.05) is 0 Å². The van der Waals surface area contributed by atoms with Crippen LogP contribution in [0.2, 0.25) is 0 Å². The van der Waals surface area contributed by atoms with Crippen LogP contribution in [-0.2, 0) is 4.79 Å². The summed E-state index contributed by atoms with van der Waals surface area (Å²) in [6.07, 6.45) is 7.09. The van der Waals surface area contributed by atoms with Gasteiger partial charge in [-0.25, -0.2) is 14.4 Å².